The van der Waals surface area contributed by atoms with Crippen molar-refractivity contribution in [3.63, 3.8) is 0 Å². The van der Waals surface area contributed by atoms with Gasteiger partial charge in [0, 0.05) is 58.9 Å². The first kappa shape index (κ1) is 33.6. The molecule has 0 saturated carbocycles. The number of rotatable bonds is 6. The Labute approximate surface area is 338 Å². The highest BCUT2D eigenvalue weighted by molar-refractivity contribution is 7.26. The van der Waals surface area contributed by atoms with E-state index in [2.05, 4.69) is 108 Å². The van der Waals surface area contributed by atoms with Gasteiger partial charge in [-0.15, -0.1) is 11.3 Å². The quantitative estimate of drug-likeness (QED) is 0.169. The summed E-state index contributed by atoms with van der Waals surface area (Å²) < 4.78 is 4.98. The second kappa shape index (κ2) is 13.8. The summed E-state index contributed by atoms with van der Waals surface area (Å²) >= 11 is 1.86. The fourth-order valence-corrected chi connectivity index (χ4v) is 9.52. The first-order valence-corrected chi connectivity index (χ1v) is 20.0. The lowest BCUT2D eigenvalue weighted by atomic mass is 9.88. The highest BCUT2D eigenvalue weighted by Crippen LogP contribution is 2.45. The van der Waals surface area contributed by atoms with Gasteiger partial charge in [0.2, 0.25) is 0 Å². The van der Waals surface area contributed by atoms with Gasteiger partial charge >= 0.3 is 0 Å². The van der Waals surface area contributed by atoms with Gasteiger partial charge in [-0.25, -0.2) is 15.0 Å². The second-order valence-electron chi connectivity index (χ2n) is 14.3. The summed E-state index contributed by atoms with van der Waals surface area (Å²) in [7, 11) is 0. The summed E-state index contributed by atoms with van der Waals surface area (Å²) in [4.78, 5) is 15.2. The molecular weight excluding hydrogens is 727 g/mol. The van der Waals surface area contributed by atoms with Gasteiger partial charge in [-0.3, -0.25) is 0 Å². The van der Waals surface area contributed by atoms with Crippen LogP contribution < -0.4 is 0 Å². The zero-order chi connectivity index (χ0) is 38.6. The van der Waals surface area contributed by atoms with Gasteiger partial charge in [0.05, 0.1) is 22.7 Å². The summed E-state index contributed by atoms with van der Waals surface area (Å²) in [6.07, 6.45) is 0. The summed E-state index contributed by atoms with van der Waals surface area (Å²) in [6, 6.07) is 67.2. The van der Waals surface area contributed by atoms with E-state index in [1.54, 1.807) is 0 Å². The van der Waals surface area contributed by atoms with Crippen molar-refractivity contribution in [2.45, 2.75) is 0 Å². The summed E-state index contributed by atoms with van der Waals surface area (Å²) in [6.45, 7) is 0. The van der Waals surface area contributed by atoms with E-state index in [1.807, 2.05) is 102 Å². The molecule has 0 aliphatic rings. The van der Waals surface area contributed by atoms with Crippen molar-refractivity contribution in [2.24, 2.45) is 0 Å². The molecule has 3 heterocycles. The van der Waals surface area contributed by atoms with Crippen LogP contribution in [0.4, 0.5) is 0 Å². The lowest BCUT2D eigenvalue weighted by molar-refractivity contribution is 1.07. The van der Waals surface area contributed by atoms with E-state index in [0.717, 1.165) is 50.1 Å². The van der Waals surface area contributed by atoms with Crippen molar-refractivity contribution < 1.29 is 0 Å². The Morgan fingerprint density at radius 3 is 1.69 bits per heavy atom. The Hall–Kier alpha value is -7.72. The first-order valence-electron chi connectivity index (χ1n) is 19.2. The zero-order valence-electron chi connectivity index (χ0n) is 31.0. The number of para-hydroxylation sites is 1. The van der Waals surface area contributed by atoms with E-state index in [0.29, 0.717) is 23.0 Å². The van der Waals surface area contributed by atoms with Crippen LogP contribution in [0.2, 0.25) is 0 Å². The van der Waals surface area contributed by atoms with Crippen molar-refractivity contribution in [1.82, 2.24) is 19.5 Å². The molecule has 0 unspecified atom stereocenters. The molecular formula is C52H31N5S. The van der Waals surface area contributed by atoms with Crippen molar-refractivity contribution in [3.8, 4) is 68.2 Å². The van der Waals surface area contributed by atoms with E-state index < -0.39 is 0 Å². The Kier molecular flexibility index (Phi) is 7.99. The van der Waals surface area contributed by atoms with Gasteiger partial charge in [-0.2, -0.15) is 5.26 Å². The Balaban J connectivity index is 1.14. The number of aromatic nitrogens is 4. The Bertz CT molecular complexity index is 3320. The minimum atomic E-state index is 0.496. The number of nitrogens with zero attached hydrogens (tertiary/aromatic N) is 5. The number of thiophene rings is 1. The van der Waals surface area contributed by atoms with E-state index in [-0.39, 0.29) is 0 Å². The Morgan fingerprint density at radius 1 is 0.448 bits per heavy atom. The molecule has 11 rings (SSSR count). The number of hydrogen-bond acceptors (Lipinski definition) is 5. The number of hydrogen-bond donors (Lipinski definition) is 0. The summed E-state index contributed by atoms with van der Waals surface area (Å²) in [5.74, 6) is 1.62. The molecule has 8 aromatic carbocycles. The van der Waals surface area contributed by atoms with Crippen LogP contribution in [-0.2, 0) is 0 Å². The molecule has 3 aromatic heterocycles. The fourth-order valence-electron chi connectivity index (χ4n) is 8.26. The third-order valence-electron chi connectivity index (χ3n) is 10.9. The standard InChI is InChI=1S/C52H31N5S/c53-32-33-30-42(34-14-4-1-5-15-34)47(43(31-33)52-55-50(36-16-6-2-7-17-36)54-51(56-52)37-18-8-3-9-19-37)35-24-26-38(27-25-35)57-44-22-12-10-21-41(44)48-45(57)29-28-40-39-20-11-13-23-46(39)58-49(40)48/h1-31H. The van der Waals surface area contributed by atoms with Crippen LogP contribution in [0.3, 0.4) is 0 Å². The Morgan fingerprint density at radius 2 is 1.02 bits per heavy atom. The molecule has 0 aliphatic carbocycles. The van der Waals surface area contributed by atoms with E-state index >= 15 is 0 Å². The van der Waals surface area contributed by atoms with Gasteiger partial charge in [-0.05, 0) is 59.2 Å². The molecule has 0 spiro atoms. The first-order chi connectivity index (χ1) is 28.7. The number of fused-ring (bicyclic) bond motifs is 7. The molecule has 0 saturated heterocycles. The third-order valence-corrected chi connectivity index (χ3v) is 12.1. The fraction of sp³-hybridized carbons (Fsp3) is 0. The van der Waals surface area contributed by atoms with Gasteiger partial charge in [0.15, 0.2) is 17.5 Å². The van der Waals surface area contributed by atoms with Crippen LogP contribution in [0.15, 0.2) is 188 Å². The number of nitriles is 1. The van der Waals surface area contributed by atoms with Crippen LogP contribution in [0.1, 0.15) is 5.56 Å². The molecule has 0 amide bonds. The minimum Gasteiger partial charge on any atom is -0.309 e. The van der Waals surface area contributed by atoms with E-state index in [9.17, 15) is 5.26 Å². The molecule has 0 fully saturated rings. The molecule has 0 bridgehead atoms. The maximum absolute atomic E-state index is 10.4. The summed E-state index contributed by atoms with van der Waals surface area (Å²) in [5.41, 5.74) is 10.3. The predicted octanol–water partition coefficient (Wildman–Crippen LogP) is 13.5. The van der Waals surface area contributed by atoms with Gasteiger partial charge in [-0.1, -0.05) is 146 Å². The molecule has 6 heteroatoms. The van der Waals surface area contributed by atoms with Crippen LogP contribution in [0.5, 0.6) is 0 Å². The minimum absolute atomic E-state index is 0.496. The topological polar surface area (TPSA) is 67.4 Å². The molecule has 270 valence electrons. The molecule has 0 N–H and O–H groups in total. The molecule has 0 radical (unpaired) electrons. The maximum Gasteiger partial charge on any atom is 0.164 e. The average Bonchev–Trinajstić information content (AvgIpc) is 3.85. The molecule has 0 aliphatic heterocycles. The lowest BCUT2D eigenvalue weighted by Gasteiger charge is -2.18. The lowest BCUT2D eigenvalue weighted by Crippen LogP contribution is -2.02. The zero-order valence-corrected chi connectivity index (χ0v) is 31.9. The van der Waals surface area contributed by atoms with Crippen molar-refractivity contribution in [3.05, 3.63) is 194 Å². The highest BCUT2D eigenvalue weighted by atomic mass is 32.1. The van der Waals surface area contributed by atoms with E-state index in [4.69, 9.17) is 15.0 Å². The van der Waals surface area contributed by atoms with Crippen LogP contribution in [0, 0.1) is 11.3 Å². The van der Waals surface area contributed by atoms with Crippen LogP contribution in [-0.4, -0.2) is 19.5 Å². The third kappa shape index (κ3) is 5.56. The van der Waals surface area contributed by atoms with Crippen LogP contribution in [0.25, 0.3) is 104 Å². The molecule has 0 atom stereocenters. The van der Waals surface area contributed by atoms with Crippen molar-refractivity contribution in [2.75, 3.05) is 0 Å². The van der Waals surface area contributed by atoms with Gasteiger partial charge < -0.3 is 4.57 Å². The van der Waals surface area contributed by atoms with Crippen molar-refractivity contribution >= 4 is 53.3 Å². The monoisotopic (exact) mass is 757 g/mol. The average molecular weight is 758 g/mol. The summed E-state index contributed by atoms with van der Waals surface area (Å²) in [5, 5.41) is 15.5. The van der Waals surface area contributed by atoms with Crippen LogP contribution >= 0.6 is 11.3 Å². The second-order valence-corrected chi connectivity index (χ2v) is 15.3. The van der Waals surface area contributed by atoms with Gasteiger partial charge in [0.25, 0.3) is 0 Å². The number of benzene rings is 8. The van der Waals surface area contributed by atoms with Crippen molar-refractivity contribution in [1.29, 1.82) is 5.26 Å². The smallest absolute Gasteiger partial charge is 0.164 e. The molecule has 58 heavy (non-hydrogen) atoms. The predicted molar refractivity (Wildman–Crippen MR) is 239 cm³/mol. The normalized spacial score (nSPS) is 11.4. The highest BCUT2D eigenvalue weighted by Gasteiger charge is 2.22. The maximum atomic E-state index is 10.4. The van der Waals surface area contributed by atoms with Gasteiger partial charge in [0.1, 0.15) is 0 Å². The largest absolute Gasteiger partial charge is 0.309 e. The SMILES string of the molecule is N#Cc1cc(-c2ccccc2)c(-c2ccc(-n3c4ccccc4c4c5sc6ccccc6c5ccc43)cc2)c(-c2nc(-c3ccccc3)nc(-c3ccccc3)n2)c1. The molecule has 11 aromatic rings. The molecule has 5 nitrogen and oxygen atoms in total. The van der Waals surface area contributed by atoms with E-state index in [1.165, 1.54) is 36.5 Å².